The molecule has 35 heteroatoms. The summed E-state index contributed by atoms with van der Waals surface area (Å²) in [4.78, 5) is 99.7. The summed E-state index contributed by atoms with van der Waals surface area (Å²) < 4.78 is 11.2. The minimum absolute atomic E-state index is 0.733. The second-order valence-electron chi connectivity index (χ2n) is 37.7. The molecule has 0 aliphatic carbocycles. The maximum absolute atomic E-state index is 4.96. The van der Waals surface area contributed by atoms with Crippen molar-refractivity contribution in [1.82, 2.24) is 167 Å². The first-order chi connectivity index (χ1) is 73.2. The Morgan fingerprint density at radius 3 is 1.04 bits per heavy atom. The van der Waals surface area contributed by atoms with Crippen LogP contribution in [-0.4, -0.2) is 174 Å². The average molecular weight is 1980 g/mol. The van der Waals surface area contributed by atoms with Gasteiger partial charge < -0.3 is 5.32 Å². The van der Waals surface area contributed by atoms with Gasteiger partial charge >= 0.3 is 0 Å². The van der Waals surface area contributed by atoms with Crippen LogP contribution in [0.5, 0.6) is 0 Å². The molecular weight excluding hydrogens is 1870 g/mol. The number of hydrogen-bond donors (Lipinski definition) is 1. The average Bonchev–Trinajstić information content (AvgIpc) is 1.44. The van der Waals surface area contributed by atoms with Gasteiger partial charge in [-0.05, 0) is 230 Å². The molecule has 150 heavy (non-hydrogen) atoms. The number of nitrogens with one attached hydrogen (secondary N) is 1. The van der Waals surface area contributed by atoms with E-state index in [9.17, 15) is 0 Å². The predicted molar refractivity (Wildman–Crippen MR) is 579 cm³/mol. The van der Waals surface area contributed by atoms with Gasteiger partial charge in [-0.3, -0.25) is 69.8 Å². The van der Waals surface area contributed by atoms with Crippen molar-refractivity contribution in [3.8, 4) is 0 Å². The van der Waals surface area contributed by atoms with E-state index in [1.54, 1.807) is 24.8 Å². The highest BCUT2D eigenvalue weighted by atomic mass is 15.3. The van der Waals surface area contributed by atoms with Crippen LogP contribution < -0.4 is 5.32 Å². The standard InChI is InChI=1S/C22H19N5.C21H22N6.C21H18N6.3C17H16N6/c1-14-13-23-15(2)22-25-20(26-27(14)22)12-11-18-10-9-17-8-7-16-5-3-4-6-19(16)21(17)24-18;2*1-13-12-23-14(2)21-25-18(26-27(13)21)10-9-17-8-7-16-6-5-15-4-3-11-22-19(15)20(16)24-17;1-11-10-19-12(2)17-21-16(22-23(11)17)8-6-13-5-7-14-15(20-13)4-3-9-18-14;1-11-9-19-12(2)17-21-16(22-23(11)17)6-5-14-4-3-13-7-8-18-10-15(13)20-14;1-11-10-19-12(2)17-21-15(22-23(11)17)8-7-14-6-5-13-4-3-9-18-16(13)20-14/h3-10,13H,11-12H2,1-2H3;5-8,12,22H,3-4,9-11H2,1-2H3;3-8,11-12H,9-10H2,1-2H3;3-5,7,9-10H,6,8H2,1-2H3;3-4,7-10H,5-6H2,1-2H3;3-6,9-10H,7-8H2,1-2H3. The van der Waals surface area contributed by atoms with Crippen molar-refractivity contribution in [1.29, 1.82) is 0 Å². The van der Waals surface area contributed by atoms with Crippen molar-refractivity contribution in [2.45, 2.75) is 173 Å². The van der Waals surface area contributed by atoms with E-state index in [0.717, 1.165) is 327 Å². The molecular formula is C115H107N35. The molecule has 742 valence electrons. The molecule has 35 nitrogen and oxygen atoms in total. The first-order valence-corrected chi connectivity index (χ1v) is 50.4. The molecule has 4 aromatic carbocycles. The van der Waals surface area contributed by atoms with Crippen LogP contribution in [-0.2, 0) is 83.5 Å². The molecule has 0 amide bonds. The third kappa shape index (κ3) is 20.8. The fourth-order valence-corrected chi connectivity index (χ4v) is 18.6. The quantitative estimate of drug-likeness (QED) is 0.0780. The molecule has 0 spiro atoms. The summed E-state index contributed by atoms with van der Waals surface area (Å²) in [5, 5.41) is 40.3. The van der Waals surface area contributed by atoms with Gasteiger partial charge in [-0.1, -0.05) is 91.0 Å². The largest absolute Gasteiger partial charge is 0.383 e. The second-order valence-corrected chi connectivity index (χ2v) is 37.7. The van der Waals surface area contributed by atoms with Crippen molar-refractivity contribution in [2.75, 3.05) is 11.9 Å². The Kier molecular flexibility index (Phi) is 27.2. The van der Waals surface area contributed by atoms with Gasteiger partial charge in [-0.15, -0.1) is 0 Å². The topological polar surface area (TPSA) is 399 Å². The van der Waals surface area contributed by atoms with Crippen molar-refractivity contribution in [2.24, 2.45) is 0 Å². The molecule has 0 unspecified atom stereocenters. The van der Waals surface area contributed by atoms with Crippen molar-refractivity contribution in [3.05, 3.63) is 387 Å². The van der Waals surface area contributed by atoms with E-state index in [1.807, 2.05) is 208 Å². The van der Waals surface area contributed by atoms with Gasteiger partial charge in [0.15, 0.2) is 74.5 Å². The van der Waals surface area contributed by atoms with Crippen LogP contribution >= 0.6 is 0 Å². The number of nitrogens with zero attached hydrogens (tertiary/aromatic N) is 34. The Labute approximate surface area is 861 Å². The number of hydrogen-bond acceptors (Lipinski definition) is 29. The third-order valence-electron chi connectivity index (χ3n) is 26.8. The number of rotatable bonds is 18. The highest BCUT2D eigenvalue weighted by molar-refractivity contribution is 6.05. The zero-order valence-electron chi connectivity index (χ0n) is 85.4. The molecule has 22 aromatic heterocycles. The van der Waals surface area contributed by atoms with Gasteiger partial charge in [0.2, 0.25) is 0 Å². The number of benzene rings is 4. The molecule has 0 saturated heterocycles. The molecule has 1 aliphatic heterocycles. The van der Waals surface area contributed by atoms with E-state index in [-0.39, 0.29) is 0 Å². The first kappa shape index (κ1) is 96.4. The number of fused-ring (bicyclic) bond motifs is 18. The highest BCUT2D eigenvalue weighted by Crippen LogP contribution is 2.32. The zero-order chi connectivity index (χ0) is 103. The number of aryl methyl sites for hydroxylation is 25. The van der Waals surface area contributed by atoms with E-state index in [2.05, 4.69) is 252 Å². The van der Waals surface area contributed by atoms with Gasteiger partial charge in [-0.2, -0.15) is 30.6 Å². The fraction of sp³-hybridized carbons (Fsp3) is 0.235. The Bertz CT molecular complexity index is 8760. The monoisotopic (exact) mass is 1980 g/mol. The molecule has 23 heterocycles. The molecule has 1 N–H and O–H groups in total. The molecule has 0 radical (unpaired) electrons. The minimum Gasteiger partial charge on any atom is -0.383 e. The third-order valence-corrected chi connectivity index (χ3v) is 26.8. The van der Waals surface area contributed by atoms with Gasteiger partial charge in [0.1, 0.15) is 0 Å². The summed E-state index contributed by atoms with van der Waals surface area (Å²) in [5.74, 6) is 4.92. The van der Waals surface area contributed by atoms with Crippen LogP contribution in [0.2, 0.25) is 0 Å². The molecule has 1 aliphatic rings. The van der Waals surface area contributed by atoms with Crippen molar-refractivity contribution >= 4 is 127 Å². The molecule has 0 bridgehead atoms. The fourth-order valence-electron chi connectivity index (χ4n) is 18.6. The lowest BCUT2D eigenvalue weighted by molar-refractivity contribution is 0.807. The maximum atomic E-state index is 4.96. The lowest BCUT2D eigenvalue weighted by Crippen LogP contribution is -2.12. The predicted octanol–water partition coefficient (Wildman–Crippen LogP) is 18.7. The van der Waals surface area contributed by atoms with Gasteiger partial charge in [-0.25, -0.2) is 67.0 Å². The Balaban J connectivity index is 0.000000102. The van der Waals surface area contributed by atoms with E-state index in [0.29, 0.717) is 0 Å². The summed E-state index contributed by atoms with van der Waals surface area (Å²) in [7, 11) is 0. The lowest BCUT2D eigenvalue weighted by atomic mass is 10.0. The van der Waals surface area contributed by atoms with Gasteiger partial charge in [0.05, 0.1) is 119 Å². The van der Waals surface area contributed by atoms with Crippen molar-refractivity contribution < 1.29 is 0 Å². The Morgan fingerprint density at radius 2 is 0.573 bits per heavy atom. The zero-order valence-corrected chi connectivity index (χ0v) is 85.4. The summed E-state index contributed by atoms with van der Waals surface area (Å²) in [6.07, 6.45) is 31.5. The van der Waals surface area contributed by atoms with E-state index in [4.69, 9.17) is 15.0 Å². The lowest BCUT2D eigenvalue weighted by Gasteiger charge is -2.19. The minimum atomic E-state index is 0.733. The first-order valence-electron chi connectivity index (χ1n) is 50.4. The maximum Gasteiger partial charge on any atom is 0.177 e. The van der Waals surface area contributed by atoms with Crippen LogP contribution in [0.25, 0.3) is 121 Å². The summed E-state index contributed by atoms with van der Waals surface area (Å²) >= 11 is 0. The highest BCUT2D eigenvalue weighted by Gasteiger charge is 2.21. The van der Waals surface area contributed by atoms with E-state index < -0.39 is 0 Å². The van der Waals surface area contributed by atoms with E-state index in [1.165, 1.54) is 39.2 Å². The van der Waals surface area contributed by atoms with Crippen molar-refractivity contribution in [3.63, 3.8) is 0 Å². The van der Waals surface area contributed by atoms with Crippen LogP contribution in [0.4, 0.5) is 5.69 Å². The van der Waals surface area contributed by atoms with Crippen LogP contribution in [0, 0.1) is 83.1 Å². The summed E-state index contributed by atoms with van der Waals surface area (Å²) in [6.45, 7) is 24.7. The van der Waals surface area contributed by atoms with Crippen LogP contribution in [0.15, 0.2) is 244 Å². The van der Waals surface area contributed by atoms with Gasteiger partial charge in [0, 0.05) is 179 Å². The summed E-state index contributed by atoms with van der Waals surface area (Å²) in [6, 6.07) is 60.0. The normalized spacial score (nSPS) is 11.9. The van der Waals surface area contributed by atoms with Crippen LogP contribution in [0.1, 0.15) is 149 Å². The van der Waals surface area contributed by atoms with Gasteiger partial charge in [0.25, 0.3) is 0 Å². The molecule has 0 atom stereocenters. The number of anilines is 1. The molecule has 26 aromatic rings. The number of pyridine rings is 10. The van der Waals surface area contributed by atoms with Crippen LogP contribution in [0.3, 0.4) is 0 Å². The molecule has 0 fully saturated rings. The second kappa shape index (κ2) is 42.3. The number of aromatic nitrogens is 34. The smallest absolute Gasteiger partial charge is 0.177 e. The molecule has 0 saturated carbocycles. The Morgan fingerprint density at radius 1 is 0.233 bits per heavy atom. The SMILES string of the molecule is Cc1ncc(C)n2nc(CCc3ccc4ccc5c(c4n3)NCCC5)nc12.Cc1ncc(C)n2nc(CCc3ccc4ccc5ccccc5c4n3)nc12.Cc1ncc(C)n2nc(CCc3ccc4ccc5cccnc5c4n3)nc12.Cc1ncc(C)n2nc(CCc3ccc4cccnc4n3)nc12.Cc1ncc(C)n2nc(CCc3ccc4ccncc4n3)nc12.Cc1ncc(C)n2nc(CCc3ccc4ncccc4n3)nc12. The Hall–Kier alpha value is -18.4. The summed E-state index contributed by atoms with van der Waals surface area (Å²) in [5.41, 5.74) is 32.6. The molecule has 27 rings (SSSR count). The van der Waals surface area contributed by atoms with E-state index >= 15 is 0 Å².